The molecular formula is C16H12N4O3. The summed E-state index contributed by atoms with van der Waals surface area (Å²) >= 11 is 0. The van der Waals surface area contributed by atoms with Crippen LogP contribution in [0, 0.1) is 0 Å². The van der Waals surface area contributed by atoms with E-state index >= 15 is 0 Å². The van der Waals surface area contributed by atoms with Crippen molar-refractivity contribution in [2.45, 2.75) is 0 Å². The third-order valence-corrected chi connectivity index (χ3v) is 3.13. The van der Waals surface area contributed by atoms with E-state index < -0.39 is 11.9 Å². The van der Waals surface area contributed by atoms with Crippen molar-refractivity contribution in [2.75, 3.05) is 0 Å². The lowest BCUT2D eigenvalue weighted by Gasteiger charge is -2.05. The molecule has 0 aliphatic carbocycles. The van der Waals surface area contributed by atoms with E-state index in [1.807, 2.05) is 6.07 Å². The Bertz CT molecular complexity index is 841. The largest absolute Gasteiger partial charge is 0.423 e. The molecule has 114 valence electrons. The average molecular weight is 308 g/mol. The first kappa shape index (κ1) is 14.5. The summed E-state index contributed by atoms with van der Waals surface area (Å²) in [5.41, 5.74) is 6.72. The van der Waals surface area contributed by atoms with Gasteiger partial charge in [0.05, 0.1) is 5.56 Å². The summed E-state index contributed by atoms with van der Waals surface area (Å²) < 4.78 is 5.28. The van der Waals surface area contributed by atoms with Crippen LogP contribution in [-0.2, 0) is 0 Å². The van der Waals surface area contributed by atoms with Crippen LogP contribution in [0.4, 0.5) is 0 Å². The molecule has 7 nitrogen and oxygen atoms in total. The van der Waals surface area contributed by atoms with Gasteiger partial charge >= 0.3 is 5.97 Å². The Hall–Kier alpha value is -3.48. The number of hydrogen-bond donors (Lipinski definition) is 2. The van der Waals surface area contributed by atoms with Crippen LogP contribution in [0.5, 0.6) is 5.75 Å². The van der Waals surface area contributed by atoms with E-state index in [4.69, 9.17) is 10.5 Å². The van der Waals surface area contributed by atoms with Crippen LogP contribution in [0.15, 0.2) is 54.6 Å². The Morgan fingerprint density at radius 1 is 0.957 bits per heavy atom. The van der Waals surface area contributed by atoms with E-state index in [0.717, 1.165) is 0 Å². The van der Waals surface area contributed by atoms with E-state index in [1.54, 1.807) is 48.5 Å². The van der Waals surface area contributed by atoms with E-state index in [-0.39, 0.29) is 5.69 Å². The molecule has 0 atom stereocenters. The predicted molar refractivity (Wildman–Crippen MR) is 81.7 cm³/mol. The van der Waals surface area contributed by atoms with Gasteiger partial charge in [-0.3, -0.25) is 4.79 Å². The van der Waals surface area contributed by atoms with Gasteiger partial charge in [0.15, 0.2) is 5.69 Å². The molecular weight excluding hydrogens is 296 g/mol. The fourth-order valence-electron chi connectivity index (χ4n) is 2.03. The third-order valence-electron chi connectivity index (χ3n) is 3.13. The first-order chi connectivity index (χ1) is 11.1. The highest BCUT2D eigenvalue weighted by Gasteiger charge is 2.15. The summed E-state index contributed by atoms with van der Waals surface area (Å²) in [6.07, 6.45) is 0. The summed E-state index contributed by atoms with van der Waals surface area (Å²) in [6, 6.07) is 15.2. The standard InChI is InChI=1S/C16H12N4O3/c17-15(21)14-13(18-20-19-14)10-6-8-12(9-7-10)23-16(22)11-4-2-1-3-5-11/h1-9H,(H2,17,21)(H,18,19,20). The summed E-state index contributed by atoms with van der Waals surface area (Å²) in [6.45, 7) is 0. The van der Waals surface area contributed by atoms with Gasteiger partial charge in [-0.05, 0) is 36.4 Å². The second-order valence-corrected chi connectivity index (χ2v) is 4.66. The Morgan fingerprint density at radius 3 is 2.30 bits per heavy atom. The minimum Gasteiger partial charge on any atom is -0.423 e. The number of benzene rings is 2. The molecule has 0 unspecified atom stereocenters. The number of amides is 1. The predicted octanol–water partition coefficient (Wildman–Crippen LogP) is 1.79. The fourth-order valence-corrected chi connectivity index (χ4v) is 2.03. The molecule has 1 amide bonds. The van der Waals surface area contributed by atoms with Crippen molar-refractivity contribution in [3.05, 3.63) is 65.9 Å². The lowest BCUT2D eigenvalue weighted by Crippen LogP contribution is -2.12. The molecule has 0 saturated carbocycles. The number of nitrogens with one attached hydrogen (secondary N) is 1. The Morgan fingerprint density at radius 2 is 1.65 bits per heavy atom. The smallest absolute Gasteiger partial charge is 0.343 e. The molecule has 0 bridgehead atoms. The number of primary amides is 1. The summed E-state index contributed by atoms with van der Waals surface area (Å²) in [5, 5.41) is 9.97. The molecule has 0 radical (unpaired) electrons. The topological polar surface area (TPSA) is 111 Å². The summed E-state index contributed by atoms with van der Waals surface area (Å²) in [7, 11) is 0. The lowest BCUT2D eigenvalue weighted by atomic mass is 10.1. The van der Waals surface area contributed by atoms with Crippen molar-refractivity contribution in [3.63, 3.8) is 0 Å². The Kier molecular flexibility index (Phi) is 3.84. The van der Waals surface area contributed by atoms with E-state index in [1.165, 1.54) is 0 Å². The number of carbonyl (C=O) groups excluding carboxylic acids is 2. The lowest BCUT2D eigenvalue weighted by molar-refractivity contribution is 0.0734. The molecule has 0 aliphatic heterocycles. The number of aromatic nitrogens is 3. The number of aromatic amines is 1. The number of carbonyl (C=O) groups is 2. The summed E-state index contributed by atoms with van der Waals surface area (Å²) in [5.74, 6) is -0.738. The highest BCUT2D eigenvalue weighted by molar-refractivity contribution is 5.96. The molecule has 7 heteroatoms. The van der Waals surface area contributed by atoms with E-state index in [0.29, 0.717) is 22.6 Å². The van der Waals surface area contributed by atoms with Crippen molar-refractivity contribution in [3.8, 4) is 17.0 Å². The molecule has 1 heterocycles. The number of nitrogens with zero attached hydrogens (tertiary/aromatic N) is 2. The van der Waals surface area contributed by atoms with Gasteiger partial charge < -0.3 is 10.5 Å². The van der Waals surface area contributed by atoms with Crippen molar-refractivity contribution in [1.82, 2.24) is 15.4 Å². The van der Waals surface area contributed by atoms with Crippen LogP contribution < -0.4 is 10.5 Å². The van der Waals surface area contributed by atoms with Crippen LogP contribution >= 0.6 is 0 Å². The Balaban J connectivity index is 1.79. The zero-order valence-corrected chi connectivity index (χ0v) is 11.9. The number of esters is 1. The van der Waals surface area contributed by atoms with Gasteiger partial charge in [0.1, 0.15) is 11.4 Å². The van der Waals surface area contributed by atoms with Crippen molar-refractivity contribution < 1.29 is 14.3 Å². The monoisotopic (exact) mass is 308 g/mol. The second kappa shape index (κ2) is 6.10. The first-order valence-electron chi connectivity index (χ1n) is 6.73. The zero-order valence-electron chi connectivity index (χ0n) is 11.9. The van der Waals surface area contributed by atoms with Crippen molar-refractivity contribution in [2.24, 2.45) is 5.73 Å². The van der Waals surface area contributed by atoms with Gasteiger partial charge in [0.2, 0.25) is 0 Å². The minimum atomic E-state index is -0.673. The maximum atomic E-state index is 12.0. The van der Waals surface area contributed by atoms with Crippen LogP contribution in [0.2, 0.25) is 0 Å². The quantitative estimate of drug-likeness (QED) is 0.564. The normalized spacial score (nSPS) is 10.3. The van der Waals surface area contributed by atoms with Crippen LogP contribution in [0.1, 0.15) is 20.8 Å². The van der Waals surface area contributed by atoms with E-state index in [2.05, 4.69) is 15.4 Å². The van der Waals surface area contributed by atoms with Crippen molar-refractivity contribution >= 4 is 11.9 Å². The maximum absolute atomic E-state index is 12.0. The number of nitrogens with two attached hydrogens (primary N) is 1. The number of rotatable bonds is 4. The van der Waals surface area contributed by atoms with Gasteiger partial charge in [0, 0.05) is 5.56 Å². The van der Waals surface area contributed by atoms with Gasteiger partial charge in [0.25, 0.3) is 5.91 Å². The molecule has 2 aromatic carbocycles. The SMILES string of the molecule is NC(=O)c1n[nH]nc1-c1ccc(OC(=O)c2ccccc2)cc1. The molecule has 23 heavy (non-hydrogen) atoms. The molecule has 0 saturated heterocycles. The molecule has 1 aromatic heterocycles. The van der Waals surface area contributed by atoms with Gasteiger partial charge in [-0.15, -0.1) is 0 Å². The number of H-pyrrole nitrogens is 1. The van der Waals surface area contributed by atoms with Gasteiger partial charge in [-0.25, -0.2) is 4.79 Å². The highest BCUT2D eigenvalue weighted by Crippen LogP contribution is 2.23. The second-order valence-electron chi connectivity index (χ2n) is 4.66. The fraction of sp³-hybridized carbons (Fsp3) is 0. The zero-order chi connectivity index (χ0) is 16.2. The number of hydrogen-bond acceptors (Lipinski definition) is 5. The van der Waals surface area contributed by atoms with E-state index in [9.17, 15) is 9.59 Å². The summed E-state index contributed by atoms with van der Waals surface area (Å²) in [4.78, 5) is 23.2. The maximum Gasteiger partial charge on any atom is 0.343 e. The molecule has 3 aromatic rings. The van der Waals surface area contributed by atoms with Gasteiger partial charge in [-0.2, -0.15) is 15.4 Å². The van der Waals surface area contributed by atoms with Gasteiger partial charge in [-0.1, -0.05) is 18.2 Å². The van der Waals surface area contributed by atoms with Crippen LogP contribution in [-0.4, -0.2) is 27.3 Å². The van der Waals surface area contributed by atoms with Crippen molar-refractivity contribution in [1.29, 1.82) is 0 Å². The van der Waals surface area contributed by atoms with Crippen LogP contribution in [0.25, 0.3) is 11.3 Å². The third kappa shape index (κ3) is 3.08. The molecule has 3 rings (SSSR count). The number of ether oxygens (including phenoxy) is 1. The first-order valence-corrected chi connectivity index (χ1v) is 6.73. The molecule has 0 spiro atoms. The highest BCUT2D eigenvalue weighted by atomic mass is 16.5. The minimum absolute atomic E-state index is 0.0547. The Labute approximate surface area is 131 Å². The average Bonchev–Trinajstić information content (AvgIpc) is 3.06. The molecule has 0 fully saturated rings. The molecule has 3 N–H and O–H groups in total. The van der Waals surface area contributed by atoms with Crippen LogP contribution in [0.3, 0.4) is 0 Å². The molecule has 0 aliphatic rings.